The van der Waals surface area contributed by atoms with Crippen molar-refractivity contribution in [2.45, 2.75) is 39.7 Å². The first-order chi connectivity index (χ1) is 18.6. The summed E-state index contributed by atoms with van der Waals surface area (Å²) in [6.07, 6.45) is 2.26. The molecule has 10 nitrogen and oxygen atoms in total. The molecule has 0 aromatic carbocycles. The van der Waals surface area contributed by atoms with Crippen LogP contribution in [0.4, 0.5) is 9.59 Å². The molecule has 0 aliphatic carbocycles. The van der Waals surface area contributed by atoms with Crippen molar-refractivity contribution >= 4 is 41.0 Å². The highest BCUT2D eigenvalue weighted by atomic mass is 35.5. The molecule has 4 rings (SSSR count). The van der Waals surface area contributed by atoms with Gasteiger partial charge >= 0.3 is 12.1 Å². The Hall–Kier alpha value is -2.89. The van der Waals surface area contributed by atoms with E-state index in [0.29, 0.717) is 55.7 Å². The summed E-state index contributed by atoms with van der Waals surface area (Å²) >= 11 is 7.62. The summed E-state index contributed by atoms with van der Waals surface area (Å²) < 4.78 is 12.9. The molecule has 1 atom stereocenters. The first-order valence-corrected chi connectivity index (χ1v) is 14.3. The van der Waals surface area contributed by atoms with Crippen LogP contribution in [0.25, 0.3) is 0 Å². The van der Waals surface area contributed by atoms with Gasteiger partial charge in [0.1, 0.15) is 6.61 Å². The number of nitrogens with zero attached hydrogens (tertiary/aromatic N) is 5. The number of amides is 3. The zero-order valence-corrected chi connectivity index (χ0v) is 24.3. The fourth-order valence-corrected chi connectivity index (χ4v) is 5.70. The van der Waals surface area contributed by atoms with Gasteiger partial charge in [-0.3, -0.25) is 9.69 Å². The Morgan fingerprint density at radius 1 is 1.15 bits per heavy atom. The van der Waals surface area contributed by atoms with Gasteiger partial charge in [0.05, 0.1) is 29.3 Å². The number of piperazine rings is 1. The van der Waals surface area contributed by atoms with Crippen LogP contribution in [0.1, 0.15) is 47.9 Å². The number of aryl methyl sites for hydroxylation is 2. The molecular formula is C27H36ClN5O5S. The second kappa shape index (κ2) is 12.5. The van der Waals surface area contributed by atoms with Gasteiger partial charge in [-0.25, -0.2) is 14.3 Å². The maximum absolute atomic E-state index is 13.4. The lowest BCUT2D eigenvalue weighted by atomic mass is 9.95. The van der Waals surface area contributed by atoms with Gasteiger partial charge in [-0.15, -0.1) is 11.3 Å². The molecule has 1 unspecified atom stereocenters. The average molecular weight is 578 g/mol. The van der Waals surface area contributed by atoms with Crippen molar-refractivity contribution in [3.63, 3.8) is 0 Å². The van der Waals surface area contributed by atoms with Gasteiger partial charge in [-0.2, -0.15) is 5.10 Å². The number of morpholine rings is 1. The van der Waals surface area contributed by atoms with Crippen LogP contribution in [0.5, 0.6) is 0 Å². The largest absolute Gasteiger partial charge is 0.445 e. The first-order valence-electron chi connectivity index (χ1n) is 13.1. The van der Waals surface area contributed by atoms with E-state index in [4.69, 9.17) is 26.2 Å². The number of halogens is 1. The number of rotatable bonds is 6. The van der Waals surface area contributed by atoms with E-state index in [-0.39, 0.29) is 31.6 Å². The van der Waals surface area contributed by atoms with Crippen LogP contribution in [0, 0.1) is 5.41 Å². The van der Waals surface area contributed by atoms with Crippen LogP contribution in [0.2, 0.25) is 4.34 Å². The Kier molecular flexibility index (Phi) is 9.35. The van der Waals surface area contributed by atoms with Crippen molar-refractivity contribution in [1.29, 1.82) is 0 Å². The van der Waals surface area contributed by atoms with Crippen molar-refractivity contribution in [1.82, 2.24) is 24.5 Å². The normalized spacial score (nSPS) is 18.3. The molecule has 0 spiro atoms. The lowest BCUT2D eigenvalue weighted by molar-refractivity contribution is 0.0264. The number of hydrogen-bond donors (Lipinski definition) is 0. The minimum atomic E-state index is -0.669. The summed E-state index contributed by atoms with van der Waals surface area (Å²) in [5, 5.41) is 4.74. The number of ether oxygens (including phenoxy) is 2. The van der Waals surface area contributed by atoms with Gasteiger partial charge in [0.2, 0.25) is 0 Å². The summed E-state index contributed by atoms with van der Waals surface area (Å²) in [5.74, 6) is -0.147. The topological polar surface area (TPSA) is 97.2 Å². The monoisotopic (exact) mass is 577 g/mol. The third-order valence-corrected chi connectivity index (χ3v) is 8.02. The van der Waals surface area contributed by atoms with Gasteiger partial charge in [-0.05, 0) is 31.0 Å². The highest BCUT2D eigenvalue weighted by Crippen LogP contribution is 2.30. The molecule has 0 N–H and O–H groups in total. The van der Waals surface area contributed by atoms with E-state index >= 15 is 0 Å². The number of carbonyl (C=O) groups is 3. The third-order valence-electron chi connectivity index (χ3n) is 6.73. The second-order valence-electron chi connectivity index (χ2n) is 10.6. The number of hydrogen-bond acceptors (Lipinski definition) is 7. The molecule has 2 aliphatic heterocycles. The lowest BCUT2D eigenvalue weighted by Crippen LogP contribution is -2.56. The van der Waals surface area contributed by atoms with Gasteiger partial charge in [0.15, 0.2) is 0 Å². The summed E-state index contributed by atoms with van der Waals surface area (Å²) in [6, 6.07) is 5.04. The van der Waals surface area contributed by atoms with E-state index in [0.717, 1.165) is 10.6 Å². The third kappa shape index (κ3) is 7.01. The maximum atomic E-state index is 13.4. The lowest BCUT2D eigenvalue weighted by Gasteiger charge is -2.42. The van der Waals surface area contributed by atoms with E-state index in [1.54, 1.807) is 14.7 Å². The average Bonchev–Trinajstić information content (AvgIpc) is 3.55. The fraction of sp³-hybridized carbons (Fsp3) is 0.556. The van der Waals surface area contributed by atoms with Crippen LogP contribution < -0.4 is 0 Å². The van der Waals surface area contributed by atoms with Crippen LogP contribution in [-0.2, 0) is 22.3 Å². The molecule has 12 heteroatoms. The molecule has 2 saturated heterocycles. The molecule has 39 heavy (non-hydrogen) atoms. The van der Waals surface area contributed by atoms with Crippen molar-refractivity contribution < 1.29 is 23.9 Å². The van der Waals surface area contributed by atoms with Crippen molar-refractivity contribution in [2.24, 2.45) is 5.41 Å². The number of urea groups is 1. The summed E-state index contributed by atoms with van der Waals surface area (Å²) in [7, 11) is 0. The van der Waals surface area contributed by atoms with Crippen molar-refractivity contribution in [2.75, 3.05) is 52.5 Å². The predicted molar refractivity (Wildman–Crippen MR) is 149 cm³/mol. The molecular weight excluding hydrogens is 542 g/mol. The molecule has 2 aromatic heterocycles. The molecule has 2 aliphatic rings. The van der Waals surface area contributed by atoms with Gasteiger partial charge in [0.25, 0.3) is 5.91 Å². The molecule has 0 radical (unpaired) electrons. The Morgan fingerprint density at radius 3 is 2.54 bits per heavy atom. The smallest absolute Gasteiger partial charge is 0.410 e. The van der Waals surface area contributed by atoms with E-state index in [2.05, 4.69) is 6.58 Å². The van der Waals surface area contributed by atoms with Crippen LogP contribution in [0.3, 0.4) is 0 Å². The molecule has 4 heterocycles. The van der Waals surface area contributed by atoms with E-state index in [1.807, 2.05) is 39.0 Å². The summed E-state index contributed by atoms with van der Waals surface area (Å²) in [4.78, 5) is 46.0. The van der Waals surface area contributed by atoms with Crippen molar-refractivity contribution in [3.05, 3.63) is 51.5 Å². The number of aromatic nitrogens is 2. The highest BCUT2D eigenvalue weighted by molar-refractivity contribution is 7.16. The molecule has 3 amide bonds. The van der Waals surface area contributed by atoms with E-state index < -0.39 is 17.6 Å². The van der Waals surface area contributed by atoms with E-state index in [1.165, 1.54) is 22.1 Å². The maximum Gasteiger partial charge on any atom is 0.410 e. The summed E-state index contributed by atoms with van der Waals surface area (Å²) in [6.45, 7) is 12.2. The zero-order chi connectivity index (χ0) is 28.2. The first kappa shape index (κ1) is 29.1. The van der Waals surface area contributed by atoms with Gasteiger partial charge < -0.3 is 19.3 Å². The minimum Gasteiger partial charge on any atom is -0.445 e. The second-order valence-corrected chi connectivity index (χ2v) is 12.4. The standard InChI is InChI=1S/C27H36ClN5O5S/c1-5-14-38-26(36)32-11-10-31(25(35)30-12-15-37-16-13-30)18-22(32)21-17-19(6-7-20-8-9-23(28)39-20)33(29-21)24(34)27(2,3)4/h5,8-9,17,22H,1,6-7,10-16,18H2,2-4H3. The Morgan fingerprint density at radius 2 is 1.90 bits per heavy atom. The highest BCUT2D eigenvalue weighted by Gasteiger charge is 2.38. The van der Waals surface area contributed by atoms with Crippen LogP contribution in [0.15, 0.2) is 30.9 Å². The summed E-state index contributed by atoms with van der Waals surface area (Å²) in [5.41, 5.74) is 0.616. The minimum absolute atomic E-state index is 0.0735. The van der Waals surface area contributed by atoms with E-state index in [9.17, 15) is 14.4 Å². The Bertz CT molecular complexity index is 1200. The molecule has 212 valence electrons. The quantitative estimate of drug-likeness (QED) is 0.469. The predicted octanol–water partition coefficient (Wildman–Crippen LogP) is 4.50. The van der Waals surface area contributed by atoms with Crippen LogP contribution >= 0.6 is 22.9 Å². The Labute approximate surface area is 238 Å². The molecule has 0 saturated carbocycles. The fourth-order valence-electron chi connectivity index (χ4n) is 4.61. The number of thiophene rings is 1. The van der Waals surface area contributed by atoms with Crippen LogP contribution in [-0.4, -0.2) is 95.1 Å². The molecule has 2 fully saturated rings. The SMILES string of the molecule is C=CCOC(=O)N1CCN(C(=O)N2CCOCC2)CC1c1cc(CCc2ccc(Cl)s2)n(C(=O)C(C)(C)C)n1. The zero-order valence-electron chi connectivity index (χ0n) is 22.7. The number of carbonyl (C=O) groups excluding carboxylic acids is 3. The molecule has 0 bridgehead atoms. The van der Waals surface area contributed by atoms with Gasteiger partial charge in [0, 0.05) is 48.7 Å². The Balaban J connectivity index is 1.65. The van der Waals surface area contributed by atoms with Crippen molar-refractivity contribution in [3.8, 4) is 0 Å². The molecule has 2 aromatic rings. The van der Waals surface area contributed by atoms with Gasteiger partial charge in [-0.1, -0.05) is 45.0 Å².